The summed E-state index contributed by atoms with van der Waals surface area (Å²) in [6, 6.07) is 8.29. The lowest BCUT2D eigenvalue weighted by molar-refractivity contribution is 0.0727. The molecule has 0 aromatic heterocycles. The molecule has 17 heavy (non-hydrogen) atoms. The molecule has 0 heterocycles. The first-order valence-electron chi connectivity index (χ1n) is 5.95. The molecule has 0 fully saturated rings. The van der Waals surface area contributed by atoms with Crippen molar-refractivity contribution in [2.45, 2.75) is 32.3 Å². The number of ether oxygens (including phenoxy) is 1. The van der Waals surface area contributed by atoms with E-state index in [2.05, 4.69) is 38.2 Å². The van der Waals surface area contributed by atoms with Gasteiger partial charge in [-0.2, -0.15) is 0 Å². The summed E-state index contributed by atoms with van der Waals surface area (Å²) in [5.41, 5.74) is 2.46. The molecule has 0 bridgehead atoms. The molecule has 3 heteroatoms. The minimum Gasteiger partial charge on any atom is -0.389 e. The Labute approximate surface area is 104 Å². The van der Waals surface area contributed by atoms with Crippen molar-refractivity contribution >= 4 is 5.69 Å². The van der Waals surface area contributed by atoms with Crippen molar-refractivity contribution in [3.63, 3.8) is 0 Å². The van der Waals surface area contributed by atoms with E-state index in [4.69, 9.17) is 4.74 Å². The smallest absolute Gasteiger partial charge is 0.0945 e. The summed E-state index contributed by atoms with van der Waals surface area (Å²) in [5, 5.41) is 12.8. The lowest BCUT2D eigenvalue weighted by Gasteiger charge is -2.20. The van der Waals surface area contributed by atoms with Gasteiger partial charge in [0.15, 0.2) is 0 Å². The number of hydrogen-bond acceptors (Lipinski definition) is 3. The van der Waals surface area contributed by atoms with Crippen LogP contribution in [0.4, 0.5) is 5.69 Å². The van der Waals surface area contributed by atoms with Gasteiger partial charge in [0.05, 0.1) is 12.7 Å². The van der Waals surface area contributed by atoms with Gasteiger partial charge in [-0.05, 0) is 23.1 Å². The monoisotopic (exact) mass is 237 g/mol. The Morgan fingerprint density at radius 3 is 2.65 bits per heavy atom. The Hall–Kier alpha value is -1.06. The van der Waals surface area contributed by atoms with E-state index in [1.807, 2.05) is 12.1 Å². The van der Waals surface area contributed by atoms with Crippen molar-refractivity contribution in [1.82, 2.24) is 0 Å². The molecule has 0 aliphatic carbocycles. The minimum atomic E-state index is -0.474. The summed E-state index contributed by atoms with van der Waals surface area (Å²) in [6.45, 7) is 7.41. The van der Waals surface area contributed by atoms with Gasteiger partial charge in [-0.25, -0.2) is 0 Å². The highest BCUT2D eigenvalue weighted by Gasteiger charge is 2.13. The highest BCUT2D eigenvalue weighted by Crippen LogP contribution is 2.24. The summed E-state index contributed by atoms with van der Waals surface area (Å²) in [7, 11) is 1.59. The first kappa shape index (κ1) is 14.0. The lowest BCUT2D eigenvalue weighted by Crippen LogP contribution is -2.24. The Bertz CT molecular complexity index is 344. The van der Waals surface area contributed by atoms with Gasteiger partial charge in [-0.1, -0.05) is 32.9 Å². The summed E-state index contributed by atoms with van der Waals surface area (Å²) >= 11 is 0. The van der Waals surface area contributed by atoms with Crippen LogP contribution in [0.15, 0.2) is 24.3 Å². The quantitative estimate of drug-likeness (QED) is 0.826. The number of aliphatic hydroxyl groups is 1. The molecule has 1 rings (SSSR count). The van der Waals surface area contributed by atoms with E-state index < -0.39 is 6.10 Å². The molecule has 0 aliphatic heterocycles. The molecule has 0 spiro atoms. The molecule has 1 aromatic rings. The molecule has 0 radical (unpaired) electrons. The van der Waals surface area contributed by atoms with Crippen LogP contribution >= 0.6 is 0 Å². The molecule has 0 aliphatic rings. The van der Waals surface area contributed by atoms with Crippen molar-refractivity contribution in [3.05, 3.63) is 29.8 Å². The maximum atomic E-state index is 9.55. The van der Waals surface area contributed by atoms with Gasteiger partial charge in [-0.3, -0.25) is 0 Å². The number of benzene rings is 1. The Kier molecular flexibility index (Phi) is 4.97. The van der Waals surface area contributed by atoms with Crippen LogP contribution in [0, 0.1) is 0 Å². The normalized spacial score (nSPS) is 13.5. The molecule has 0 saturated carbocycles. The van der Waals surface area contributed by atoms with Crippen molar-refractivity contribution in [1.29, 1.82) is 0 Å². The van der Waals surface area contributed by atoms with Crippen LogP contribution in [0.5, 0.6) is 0 Å². The molecule has 1 aromatic carbocycles. The van der Waals surface area contributed by atoms with Gasteiger partial charge >= 0.3 is 0 Å². The molecule has 2 N–H and O–H groups in total. The third-order valence-corrected chi connectivity index (χ3v) is 2.63. The van der Waals surface area contributed by atoms with E-state index in [-0.39, 0.29) is 5.41 Å². The van der Waals surface area contributed by atoms with Crippen LogP contribution in [-0.2, 0) is 10.2 Å². The molecular formula is C14H23NO2. The van der Waals surface area contributed by atoms with Crippen molar-refractivity contribution in [3.8, 4) is 0 Å². The molecule has 1 atom stereocenters. The zero-order chi connectivity index (χ0) is 12.9. The van der Waals surface area contributed by atoms with E-state index in [0.717, 1.165) is 5.69 Å². The average Bonchev–Trinajstić information content (AvgIpc) is 2.26. The number of aliphatic hydroxyl groups excluding tert-OH is 1. The molecule has 0 saturated heterocycles. The maximum Gasteiger partial charge on any atom is 0.0945 e. The van der Waals surface area contributed by atoms with Crippen molar-refractivity contribution < 1.29 is 9.84 Å². The molecule has 96 valence electrons. The highest BCUT2D eigenvalue weighted by molar-refractivity contribution is 5.47. The first-order chi connectivity index (χ1) is 7.93. The van der Waals surface area contributed by atoms with Gasteiger partial charge in [0.2, 0.25) is 0 Å². The lowest BCUT2D eigenvalue weighted by atomic mass is 9.87. The number of rotatable bonds is 5. The van der Waals surface area contributed by atoms with E-state index in [1.165, 1.54) is 5.56 Å². The number of anilines is 1. The van der Waals surface area contributed by atoms with E-state index >= 15 is 0 Å². The predicted octanol–water partition coefficient (Wildman–Crippen LogP) is 2.40. The second-order valence-corrected chi connectivity index (χ2v) is 5.32. The third-order valence-electron chi connectivity index (χ3n) is 2.63. The second kappa shape index (κ2) is 6.03. The minimum absolute atomic E-state index is 0.142. The highest BCUT2D eigenvalue weighted by atomic mass is 16.5. The predicted molar refractivity (Wildman–Crippen MR) is 71.5 cm³/mol. The van der Waals surface area contributed by atoms with Gasteiger partial charge < -0.3 is 15.2 Å². The fourth-order valence-electron chi connectivity index (χ4n) is 1.58. The summed E-state index contributed by atoms with van der Waals surface area (Å²) in [6.07, 6.45) is -0.474. The topological polar surface area (TPSA) is 41.5 Å². The van der Waals surface area contributed by atoms with Crippen LogP contribution in [0.2, 0.25) is 0 Å². The molecule has 0 amide bonds. The van der Waals surface area contributed by atoms with Gasteiger partial charge in [-0.15, -0.1) is 0 Å². The van der Waals surface area contributed by atoms with Crippen LogP contribution in [0.25, 0.3) is 0 Å². The summed E-state index contributed by atoms with van der Waals surface area (Å²) < 4.78 is 4.88. The Morgan fingerprint density at radius 1 is 1.35 bits per heavy atom. The zero-order valence-corrected chi connectivity index (χ0v) is 11.2. The SMILES string of the molecule is COCC(O)CNc1cccc(C(C)(C)C)c1. The summed E-state index contributed by atoms with van der Waals surface area (Å²) in [4.78, 5) is 0. The Morgan fingerprint density at radius 2 is 2.06 bits per heavy atom. The maximum absolute atomic E-state index is 9.55. The van der Waals surface area contributed by atoms with Gasteiger partial charge in [0.1, 0.15) is 0 Å². The Balaban J connectivity index is 2.60. The first-order valence-corrected chi connectivity index (χ1v) is 5.95. The third kappa shape index (κ3) is 4.75. The molecule has 3 nitrogen and oxygen atoms in total. The van der Waals surface area contributed by atoms with E-state index in [9.17, 15) is 5.11 Å². The van der Waals surface area contributed by atoms with Crippen LogP contribution < -0.4 is 5.32 Å². The number of hydrogen-bond donors (Lipinski definition) is 2. The van der Waals surface area contributed by atoms with Gasteiger partial charge in [0.25, 0.3) is 0 Å². The van der Waals surface area contributed by atoms with E-state index in [1.54, 1.807) is 7.11 Å². The fraction of sp³-hybridized carbons (Fsp3) is 0.571. The number of nitrogens with one attached hydrogen (secondary N) is 1. The van der Waals surface area contributed by atoms with Crippen molar-refractivity contribution in [2.75, 3.05) is 25.6 Å². The standard InChI is InChI=1S/C14H23NO2/c1-14(2,3)11-6-5-7-12(8-11)15-9-13(16)10-17-4/h5-8,13,15-16H,9-10H2,1-4H3. The van der Waals surface area contributed by atoms with Crippen LogP contribution in [0.3, 0.4) is 0 Å². The van der Waals surface area contributed by atoms with Crippen LogP contribution in [-0.4, -0.2) is 31.5 Å². The van der Waals surface area contributed by atoms with Gasteiger partial charge in [0, 0.05) is 19.3 Å². The van der Waals surface area contributed by atoms with Crippen LogP contribution in [0.1, 0.15) is 26.3 Å². The average molecular weight is 237 g/mol. The summed E-state index contributed by atoms with van der Waals surface area (Å²) in [5.74, 6) is 0. The molecule has 1 unspecified atom stereocenters. The van der Waals surface area contributed by atoms with E-state index in [0.29, 0.717) is 13.2 Å². The largest absolute Gasteiger partial charge is 0.389 e. The van der Waals surface area contributed by atoms with Crippen molar-refractivity contribution in [2.24, 2.45) is 0 Å². The fourth-order valence-corrected chi connectivity index (χ4v) is 1.58. The second-order valence-electron chi connectivity index (χ2n) is 5.32. The molecular weight excluding hydrogens is 214 g/mol. The zero-order valence-electron chi connectivity index (χ0n) is 11.2. The number of methoxy groups -OCH3 is 1.